The van der Waals surface area contributed by atoms with Crippen molar-refractivity contribution in [3.05, 3.63) is 36.0 Å². The lowest BCUT2D eigenvalue weighted by Crippen LogP contribution is -2.48. The molecule has 10 heteroatoms. The van der Waals surface area contributed by atoms with Crippen molar-refractivity contribution in [2.24, 2.45) is 0 Å². The van der Waals surface area contributed by atoms with Crippen molar-refractivity contribution in [3.8, 4) is 0 Å². The van der Waals surface area contributed by atoms with Crippen LogP contribution in [0.15, 0.2) is 24.7 Å². The van der Waals surface area contributed by atoms with E-state index in [0.29, 0.717) is 32.0 Å². The predicted molar refractivity (Wildman–Crippen MR) is 94.7 cm³/mol. The van der Waals surface area contributed by atoms with E-state index in [0.717, 1.165) is 30.0 Å². The molecule has 27 heavy (non-hydrogen) atoms. The molecule has 5 rings (SSSR count). The van der Waals surface area contributed by atoms with Crippen molar-refractivity contribution in [1.29, 1.82) is 0 Å². The smallest absolute Gasteiger partial charge is 0.272 e. The minimum atomic E-state index is -0.450. The van der Waals surface area contributed by atoms with Crippen LogP contribution in [0.1, 0.15) is 30.3 Å². The molecule has 3 aromatic rings. The van der Waals surface area contributed by atoms with Crippen LogP contribution in [0, 0.1) is 6.92 Å². The van der Waals surface area contributed by atoms with Gasteiger partial charge in [0.15, 0.2) is 6.04 Å². The maximum atomic E-state index is 13.1. The summed E-state index contributed by atoms with van der Waals surface area (Å²) >= 11 is 0. The Labute approximate surface area is 155 Å². The van der Waals surface area contributed by atoms with Crippen molar-refractivity contribution in [1.82, 2.24) is 34.4 Å². The molecule has 0 bridgehead atoms. The fourth-order valence-electron chi connectivity index (χ4n) is 3.72. The monoisotopic (exact) mass is 368 g/mol. The summed E-state index contributed by atoms with van der Waals surface area (Å²) in [6, 6.07) is 3.46. The molecule has 0 saturated carbocycles. The van der Waals surface area contributed by atoms with Gasteiger partial charge in [-0.1, -0.05) is 0 Å². The van der Waals surface area contributed by atoms with Gasteiger partial charge in [0.05, 0.1) is 25.4 Å². The van der Waals surface area contributed by atoms with Gasteiger partial charge in [0.1, 0.15) is 12.1 Å². The van der Waals surface area contributed by atoms with Gasteiger partial charge in [0.2, 0.25) is 0 Å². The Morgan fingerprint density at radius 3 is 3.07 bits per heavy atom. The molecule has 0 radical (unpaired) electrons. The van der Waals surface area contributed by atoms with Crippen LogP contribution in [0.25, 0.3) is 5.78 Å². The number of hydrogen-bond donors (Lipinski definition) is 0. The summed E-state index contributed by atoms with van der Waals surface area (Å²) < 4.78 is 3.52. The minimum Gasteiger partial charge on any atom is -0.348 e. The molecule has 2 aliphatic heterocycles. The number of rotatable bonds is 2. The van der Waals surface area contributed by atoms with E-state index in [9.17, 15) is 4.79 Å². The first-order valence-electron chi connectivity index (χ1n) is 9.10. The molecule has 1 amide bonds. The summed E-state index contributed by atoms with van der Waals surface area (Å²) in [6.45, 7) is 4.23. The van der Waals surface area contributed by atoms with E-state index < -0.39 is 6.04 Å². The zero-order chi connectivity index (χ0) is 18.4. The van der Waals surface area contributed by atoms with Crippen molar-refractivity contribution < 1.29 is 9.63 Å². The Morgan fingerprint density at radius 1 is 1.30 bits per heavy atom. The lowest BCUT2D eigenvalue weighted by Gasteiger charge is -2.37. The second-order valence-electron chi connectivity index (χ2n) is 6.87. The SMILES string of the molecule is Cc1cc(N2Cc3ccnn3[C@@H](C(=O)N3CCCCO3)C2)n2ncnc2n1. The number of nitrogens with zero attached hydrogens (tertiary/aromatic N) is 8. The zero-order valence-corrected chi connectivity index (χ0v) is 15.0. The second kappa shape index (κ2) is 6.31. The number of fused-ring (bicyclic) bond motifs is 2. The summed E-state index contributed by atoms with van der Waals surface area (Å²) in [5.41, 5.74) is 1.83. The van der Waals surface area contributed by atoms with Gasteiger partial charge in [0, 0.05) is 24.5 Å². The number of aromatic nitrogens is 6. The topological polar surface area (TPSA) is 93.7 Å². The molecule has 0 unspecified atom stereocenters. The normalized spacial score (nSPS) is 20.1. The highest BCUT2D eigenvalue weighted by Crippen LogP contribution is 2.28. The van der Waals surface area contributed by atoms with Crippen molar-refractivity contribution >= 4 is 17.5 Å². The highest BCUT2D eigenvalue weighted by molar-refractivity contribution is 5.80. The van der Waals surface area contributed by atoms with Gasteiger partial charge in [-0.05, 0) is 25.8 Å². The van der Waals surface area contributed by atoms with E-state index >= 15 is 0 Å². The van der Waals surface area contributed by atoms with Crippen LogP contribution in [0.2, 0.25) is 0 Å². The Kier molecular flexibility index (Phi) is 3.78. The molecule has 2 aliphatic rings. The van der Waals surface area contributed by atoms with E-state index in [4.69, 9.17) is 4.84 Å². The summed E-state index contributed by atoms with van der Waals surface area (Å²) in [6.07, 6.45) is 5.16. The molecule has 1 atom stereocenters. The molecular formula is C17H20N8O2. The molecule has 0 N–H and O–H groups in total. The number of hydrogen-bond acceptors (Lipinski definition) is 7. The molecule has 1 fully saturated rings. The van der Waals surface area contributed by atoms with Crippen molar-refractivity contribution in [2.45, 2.75) is 32.4 Å². The largest absolute Gasteiger partial charge is 0.348 e. The summed E-state index contributed by atoms with van der Waals surface area (Å²) in [4.78, 5) is 29.5. The van der Waals surface area contributed by atoms with Crippen molar-refractivity contribution in [3.63, 3.8) is 0 Å². The molecule has 0 aliphatic carbocycles. The molecule has 140 valence electrons. The minimum absolute atomic E-state index is 0.0648. The number of carbonyl (C=O) groups excluding carboxylic acids is 1. The average Bonchev–Trinajstić information content (AvgIpc) is 3.35. The molecule has 5 heterocycles. The van der Waals surface area contributed by atoms with Gasteiger partial charge in [-0.2, -0.15) is 19.7 Å². The fraction of sp³-hybridized carbons (Fsp3) is 0.471. The molecular weight excluding hydrogens is 348 g/mol. The highest BCUT2D eigenvalue weighted by Gasteiger charge is 2.35. The number of amides is 1. The van der Waals surface area contributed by atoms with E-state index in [1.807, 2.05) is 23.7 Å². The first-order valence-corrected chi connectivity index (χ1v) is 9.10. The van der Waals surface area contributed by atoms with Crippen LogP contribution in [-0.4, -0.2) is 60.0 Å². The number of aryl methyl sites for hydroxylation is 1. The standard InChI is InChI=1S/C17H20N8O2/c1-12-8-15(25-17(21-12)18-11-20-25)22-9-13-4-5-19-24(13)14(10-22)16(26)23-6-2-3-7-27-23/h4-5,8,11,14H,2-3,6-7,9-10H2,1H3/t14-/m1/s1. The number of hydroxylamine groups is 2. The van der Waals surface area contributed by atoms with Gasteiger partial charge in [-0.25, -0.2) is 10.0 Å². The summed E-state index contributed by atoms with van der Waals surface area (Å²) in [7, 11) is 0. The third-order valence-electron chi connectivity index (χ3n) is 5.01. The van der Waals surface area contributed by atoms with Crippen LogP contribution in [0.5, 0.6) is 0 Å². The highest BCUT2D eigenvalue weighted by atomic mass is 16.7. The van der Waals surface area contributed by atoms with E-state index in [1.165, 1.54) is 11.4 Å². The van der Waals surface area contributed by atoms with Gasteiger partial charge < -0.3 is 4.90 Å². The summed E-state index contributed by atoms with van der Waals surface area (Å²) in [5, 5.41) is 10.2. The van der Waals surface area contributed by atoms with E-state index in [2.05, 4.69) is 25.1 Å². The maximum Gasteiger partial charge on any atom is 0.272 e. The Morgan fingerprint density at radius 2 is 2.22 bits per heavy atom. The van der Waals surface area contributed by atoms with E-state index in [-0.39, 0.29) is 5.91 Å². The van der Waals surface area contributed by atoms with Gasteiger partial charge in [-0.3, -0.25) is 14.3 Å². The Hall–Kier alpha value is -3.01. The Bertz CT molecular complexity index is 990. The first-order chi connectivity index (χ1) is 13.2. The van der Waals surface area contributed by atoms with Crippen LogP contribution in [-0.2, 0) is 16.2 Å². The zero-order valence-electron chi connectivity index (χ0n) is 15.0. The third kappa shape index (κ3) is 2.72. The number of anilines is 1. The van der Waals surface area contributed by atoms with Crippen LogP contribution in [0.3, 0.4) is 0 Å². The maximum absolute atomic E-state index is 13.1. The lowest BCUT2D eigenvalue weighted by atomic mass is 10.1. The van der Waals surface area contributed by atoms with E-state index in [1.54, 1.807) is 10.7 Å². The van der Waals surface area contributed by atoms with Gasteiger partial charge >= 0.3 is 0 Å². The molecule has 10 nitrogen and oxygen atoms in total. The van der Waals surface area contributed by atoms with Crippen LogP contribution < -0.4 is 4.90 Å². The third-order valence-corrected chi connectivity index (χ3v) is 5.01. The number of carbonyl (C=O) groups is 1. The molecule has 3 aromatic heterocycles. The molecule has 0 spiro atoms. The summed E-state index contributed by atoms with van der Waals surface area (Å²) in [5.74, 6) is 1.34. The first kappa shape index (κ1) is 16.2. The average molecular weight is 368 g/mol. The second-order valence-corrected chi connectivity index (χ2v) is 6.87. The van der Waals surface area contributed by atoms with Crippen LogP contribution >= 0.6 is 0 Å². The lowest BCUT2D eigenvalue weighted by molar-refractivity contribution is -0.200. The van der Waals surface area contributed by atoms with Gasteiger partial charge in [0.25, 0.3) is 11.7 Å². The Balaban J connectivity index is 1.52. The molecule has 0 aromatic carbocycles. The van der Waals surface area contributed by atoms with Crippen LogP contribution in [0.4, 0.5) is 5.82 Å². The predicted octanol–water partition coefficient (Wildman–Crippen LogP) is 0.745. The van der Waals surface area contributed by atoms with Crippen molar-refractivity contribution in [2.75, 3.05) is 24.6 Å². The quantitative estimate of drug-likeness (QED) is 0.659. The molecule has 1 saturated heterocycles. The van der Waals surface area contributed by atoms with Gasteiger partial charge in [-0.15, -0.1) is 0 Å². The fourth-order valence-corrected chi connectivity index (χ4v) is 3.72.